The van der Waals surface area contributed by atoms with Crippen LogP contribution in [-0.2, 0) is 0 Å². The number of hydrogen-bond donors (Lipinski definition) is 1. The second-order valence-corrected chi connectivity index (χ2v) is 11.1. The molecule has 0 bridgehead atoms. The molecule has 0 aliphatic carbocycles. The van der Waals surface area contributed by atoms with E-state index in [1.165, 1.54) is 24.6 Å². The molecule has 0 rings (SSSR count). The fourth-order valence-corrected chi connectivity index (χ4v) is 9.68. The summed E-state index contributed by atoms with van der Waals surface area (Å²) in [6, 6.07) is 0. The van der Waals surface area contributed by atoms with Crippen LogP contribution >= 0.6 is 7.26 Å². The third-order valence-corrected chi connectivity index (χ3v) is 8.83. The molecule has 1 nitrogen and oxygen atoms in total. The van der Waals surface area contributed by atoms with Crippen LogP contribution in [-0.4, -0.2) is 36.4 Å². The van der Waals surface area contributed by atoms with Gasteiger partial charge in [-0.2, -0.15) is 0 Å². The Bertz CT molecular complexity index is 161. The fourth-order valence-electron chi connectivity index (χ4n) is 3.23. The lowest BCUT2D eigenvalue weighted by Crippen LogP contribution is -2.21. The third-order valence-electron chi connectivity index (χ3n) is 3.05. The van der Waals surface area contributed by atoms with E-state index in [0.717, 1.165) is 24.2 Å². The third kappa shape index (κ3) is 8.16. The lowest BCUT2D eigenvalue weighted by Gasteiger charge is -2.32. The molecule has 0 unspecified atom stereocenters. The summed E-state index contributed by atoms with van der Waals surface area (Å²) in [6.45, 7) is 14.5. The Kier molecular flexibility index (Phi) is 8.68. The molecule has 0 saturated heterocycles. The van der Waals surface area contributed by atoms with E-state index in [1.807, 2.05) is 0 Å². The highest BCUT2D eigenvalue weighted by molar-refractivity contribution is 7.75. The molecular formula is C15H34OP+. The van der Waals surface area contributed by atoms with Gasteiger partial charge < -0.3 is 5.11 Å². The standard InChI is InChI=1S/C15H34OP/c1-13(2)10-17(9-7-8-16,11-14(3)4)12-15(5)6/h13-16H,7-12H2,1-6H3/q+1. The molecule has 0 aromatic carbocycles. The second kappa shape index (κ2) is 8.48. The van der Waals surface area contributed by atoms with Crippen LogP contribution in [0.4, 0.5) is 0 Å². The average Bonchev–Trinajstić information content (AvgIpc) is 2.11. The molecule has 17 heavy (non-hydrogen) atoms. The van der Waals surface area contributed by atoms with Gasteiger partial charge in [-0.1, -0.05) is 41.5 Å². The highest BCUT2D eigenvalue weighted by Gasteiger charge is 2.38. The summed E-state index contributed by atoms with van der Waals surface area (Å²) in [6.07, 6.45) is 6.58. The van der Waals surface area contributed by atoms with Crippen LogP contribution in [0.15, 0.2) is 0 Å². The first-order valence-electron chi connectivity index (χ1n) is 7.27. The van der Waals surface area contributed by atoms with Crippen molar-refractivity contribution in [1.29, 1.82) is 0 Å². The Morgan fingerprint density at radius 3 is 1.35 bits per heavy atom. The Balaban J connectivity index is 4.76. The van der Waals surface area contributed by atoms with Crippen molar-refractivity contribution in [2.45, 2.75) is 48.0 Å². The Morgan fingerprint density at radius 1 is 0.765 bits per heavy atom. The molecule has 104 valence electrons. The van der Waals surface area contributed by atoms with Crippen molar-refractivity contribution in [3.8, 4) is 0 Å². The van der Waals surface area contributed by atoms with Crippen molar-refractivity contribution < 1.29 is 5.11 Å². The van der Waals surface area contributed by atoms with Crippen molar-refractivity contribution in [3.05, 3.63) is 0 Å². The lowest BCUT2D eigenvalue weighted by atomic mass is 10.3. The summed E-state index contributed by atoms with van der Waals surface area (Å²) >= 11 is 0. The largest absolute Gasteiger partial charge is 0.396 e. The molecule has 0 aliphatic rings. The minimum atomic E-state index is -0.841. The van der Waals surface area contributed by atoms with Gasteiger partial charge in [0.05, 0.1) is 24.6 Å². The Morgan fingerprint density at radius 2 is 1.12 bits per heavy atom. The fraction of sp³-hybridized carbons (Fsp3) is 1.00. The molecule has 0 atom stereocenters. The summed E-state index contributed by atoms with van der Waals surface area (Å²) < 4.78 is 0. The number of hydrogen-bond acceptors (Lipinski definition) is 1. The maximum Gasteiger partial charge on any atom is 0.0617 e. The molecule has 0 amide bonds. The normalized spacial score (nSPS) is 13.1. The number of rotatable bonds is 9. The van der Waals surface area contributed by atoms with Gasteiger partial charge in [0.2, 0.25) is 0 Å². The van der Waals surface area contributed by atoms with Gasteiger partial charge in [0.25, 0.3) is 0 Å². The van der Waals surface area contributed by atoms with Crippen LogP contribution in [0.5, 0.6) is 0 Å². The van der Waals surface area contributed by atoms with Crippen LogP contribution in [0.25, 0.3) is 0 Å². The van der Waals surface area contributed by atoms with Crippen LogP contribution in [0.3, 0.4) is 0 Å². The zero-order chi connectivity index (χ0) is 13.5. The first-order chi connectivity index (χ1) is 7.81. The predicted octanol–water partition coefficient (Wildman–Crippen LogP) is 4.35. The molecule has 0 saturated carbocycles. The summed E-state index contributed by atoms with van der Waals surface area (Å²) in [7, 11) is -0.841. The van der Waals surface area contributed by atoms with Gasteiger partial charge in [0, 0.05) is 20.3 Å². The van der Waals surface area contributed by atoms with E-state index in [-0.39, 0.29) is 0 Å². The van der Waals surface area contributed by atoms with Crippen molar-refractivity contribution in [1.82, 2.24) is 0 Å². The predicted molar refractivity (Wildman–Crippen MR) is 82.6 cm³/mol. The molecule has 0 radical (unpaired) electrons. The molecule has 0 aliphatic heterocycles. The minimum Gasteiger partial charge on any atom is -0.396 e. The average molecular weight is 261 g/mol. The summed E-state index contributed by atoms with van der Waals surface area (Å²) in [5.74, 6) is 2.42. The van der Waals surface area contributed by atoms with E-state index in [0.29, 0.717) is 6.61 Å². The van der Waals surface area contributed by atoms with E-state index in [9.17, 15) is 0 Å². The first-order valence-corrected chi connectivity index (χ1v) is 9.80. The van der Waals surface area contributed by atoms with Crippen molar-refractivity contribution in [2.75, 3.05) is 31.3 Å². The van der Waals surface area contributed by atoms with Gasteiger partial charge in [0.15, 0.2) is 0 Å². The summed E-state index contributed by atoms with van der Waals surface area (Å²) in [5.41, 5.74) is 0. The van der Waals surface area contributed by atoms with E-state index >= 15 is 0 Å². The van der Waals surface area contributed by atoms with Crippen LogP contribution < -0.4 is 0 Å². The second-order valence-electron chi connectivity index (χ2n) is 6.87. The van der Waals surface area contributed by atoms with Gasteiger partial charge in [-0.25, -0.2) is 0 Å². The van der Waals surface area contributed by atoms with Crippen molar-refractivity contribution >= 4 is 7.26 Å². The summed E-state index contributed by atoms with van der Waals surface area (Å²) in [4.78, 5) is 0. The quantitative estimate of drug-likeness (QED) is 0.612. The smallest absolute Gasteiger partial charge is 0.0617 e. The molecule has 0 heterocycles. The van der Waals surface area contributed by atoms with E-state index in [2.05, 4.69) is 41.5 Å². The molecular weight excluding hydrogens is 227 g/mol. The number of aliphatic hydroxyl groups is 1. The summed E-state index contributed by atoms with van der Waals surface area (Å²) in [5, 5.41) is 9.15. The highest BCUT2D eigenvalue weighted by atomic mass is 31.2. The van der Waals surface area contributed by atoms with Gasteiger partial charge in [-0.05, 0) is 17.8 Å². The van der Waals surface area contributed by atoms with Crippen molar-refractivity contribution in [2.24, 2.45) is 17.8 Å². The lowest BCUT2D eigenvalue weighted by molar-refractivity contribution is 0.295. The monoisotopic (exact) mass is 261 g/mol. The van der Waals surface area contributed by atoms with Crippen LogP contribution in [0, 0.1) is 17.8 Å². The van der Waals surface area contributed by atoms with Gasteiger partial charge in [-0.15, -0.1) is 0 Å². The number of aliphatic hydroxyl groups excluding tert-OH is 1. The van der Waals surface area contributed by atoms with Gasteiger partial charge in [0.1, 0.15) is 0 Å². The van der Waals surface area contributed by atoms with Crippen molar-refractivity contribution in [3.63, 3.8) is 0 Å². The molecule has 0 fully saturated rings. The zero-order valence-corrected chi connectivity index (χ0v) is 13.8. The molecule has 0 aromatic rings. The maximum atomic E-state index is 9.15. The molecule has 0 spiro atoms. The minimum absolute atomic E-state index is 0.371. The topological polar surface area (TPSA) is 20.2 Å². The van der Waals surface area contributed by atoms with Gasteiger partial charge in [-0.3, -0.25) is 0 Å². The van der Waals surface area contributed by atoms with E-state index in [1.54, 1.807) is 0 Å². The Hall–Kier alpha value is 0.390. The first kappa shape index (κ1) is 17.4. The maximum absolute atomic E-state index is 9.15. The van der Waals surface area contributed by atoms with Gasteiger partial charge >= 0.3 is 0 Å². The Labute approximate surface area is 110 Å². The molecule has 2 heteroatoms. The van der Waals surface area contributed by atoms with Crippen LogP contribution in [0.2, 0.25) is 0 Å². The van der Waals surface area contributed by atoms with E-state index < -0.39 is 7.26 Å². The zero-order valence-electron chi connectivity index (χ0n) is 12.9. The molecule has 1 N–H and O–H groups in total. The molecule has 0 aromatic heterocycles. The van der Waals surface area contributed by atoms with Crippen LogP contribution in [0.1, 0.15) is 48.0 Å². The highest BCUT2D eigenvalue weighted by Crippen LogP contribution is 2.62. The van der Waals surface area contributed by atoms with E-state index in [4.69, 9.17) is 5.11 Å². The SMILES string of the molecule is CC(C)C[P+](CCCO)(CC(C)C)CC(C)C.